The Morgan fingerprint density at radius 3 is 2.09 bits per heavy atom. The molecule has 7 rings (SSSR count). The first kappa shape index (κ1) is 20.2. The summed E-state index contributed by atoms with van der Waals surface area (Å²) < 4.78 is 6.62. The Balaban J connectivity index is 1.60. The summed E-state index contributed by atoms with van der Waals surface area (Å²) in [5, 5.41) is 0. The lowest BCUT2D eigenvalue weighted by molar-refractivity contribution is 0.487. The molecule has 2 heterocycles. The summed E-state index contributed by atoms with van der Waals surface area (Å²) in [4.78, 5) is 2.42. The summed E-state index contributed by atoms with van der Waals surface area (Å²) >= 11 is 0. The van der Waals surface area contributed by atoms with E-state index < -0.39 is 0 Å². The highest BCUT2D eigenvalue weighted by atomic mass is 16.5. The highest BCUT2D eigenvalue weighted by molar-refractivity contribution is 6.99. The molecule has 2 aliphatic heterocycles. The molecule has 0 aromatic heterocycles. The minimum atomic E-state index is 0.130. The van der Waals surface area contributed by atoms with Crippen LogP contribution in [0.15, 0.2) is 109 Å². The second kappa shape index (κ2) is 7.64. The number of hydrogen-bond donors (Lipinski definition) is 0. The van der Waals surface area contributed by atoms with Gasteiger partial charge in [-0.2, -0.15) is 0 Å². The van der Waals surface area contributed by atoms with E-state index in [0.29, 0.717) is 0 Å². The van der Waals surface area contributed by atoms with E-state index in [9.17, 15) is 0 Å². The Labute approximate surface area is 206 Å². The molecule has 0 atom stereocenters. The average Bonchev–Trinajstić information content (AvgIpc) is 2.89. The van der Waals surface area contributed by atoms with Crippen LogP contribution in [0.1, 0.15) is 11.1 Å². The molecule has 5 aromatic carbocycles. The van der Waals surface area contributed by atoms with Gasteiger partial charge < -0.3 is 9.64 Å². The number of benzene rings is 5. The zero-order valence-electron chi connectivity index (χ0n) is 19.8. The van der Waals surface area contributed by atoms with Crippen LogP contribution in [0.5, 0.6) is 11.5 Å². The van der Waals surface area contributed by atoms with Crippen molar-refractivity contribution in [2.75, 3.05) is 4.90 Å². The second-order valence-corrected chi connectivity index (χ2v) is 9.53. The first-order chi connectivity index (χ1) is 17.2. The molecule has 0 spiro atoms. The van der Waals surface area contributed by atoms with Crippen LogP contribution in [0.4, 0.5) is 17.1 Å². The van der Waals surface area contributed by atoms with E-state index in [1.54, 1.807) is 0 Å². The number of ether oxygens (including phenoxy) is 1. The van der Waals surface area contributed by atoms with Gasteiger partial charge in [0.15, 0.2) is 0 Å². The molecule has 3 heteroatoms. The van der Waals surface area contributed by atoms with Crippen molar-refractivity contribution in [1.29, 1.82) is 0 Å². The molecule has 35 heavy (non-hydrogen) atoms. The third-order valence-corrected chi connectivity index (χ3v) is 7.26. The molecule has 0 aliphatic carbocycles. The number of nitrogens with zero attached hydrogens (tertiary/aromatic N) is 1. The first-order valence-electron chi connectivity index (χ1n) is 12.2. The Hall–Kier alpha value is -4.24. The molecular weight excluding hydrogens is 425 g/mol. The van der Waals surface area contributed by atoms with Gasteiger partial charge in [0, 0.05) is 17.1 Å². The van der Waals surface area contributed by atoms with E-state index >= 15 is 0 Å². The van der Waals surface area contributed by atoms with Gasteiger partial charge >= 0.3 is 0 Å². The fourth-order valence-electron chi connectivity index (χ4n) is 5.86. The molecule has 2 nitrogen and oxygen atoms in total. The monoisotopic (exact) mass is 449 g/mol. The summed E-state index contributed by atoms with van der Waals surface area (Å²) in [6.45, 7) is 4.57. The standard InChI is InChI=1S/C32H24BNO/c1-21-17-22(2)31-27(18-21)34(25-13-7-4-8-14-25)28-19-24(23-11-5-3-6-12-23)20-30-32(28)33(31)26-15-9-10-16-29(26)35-30/h3-20H,1-2H3. The molecular formula is C32H24BNO. The maximum Gasteiger partial charge on any atom is 0.256 e. The van der Waals surface area contributed by atoms with Crippen molar-refractivity contribution in [3.05, 3.63) is 120 Å². The zero-order chi connectivity index (χ0) is 23.5. The quantitative estimate of drug-likeness (QED) is 0.284. The van der Waals surface area contributed by atoms with Gasteiger partial charge in [-0.1, -0.05) is 78.4 Å². The Morgan fingerprint density at radius 1 is 0.600 bits per heavy atom. The Morgan fingerprint density at radius 2 is 1.29 bits per heavy atom. The maximum absolute atomic E-state index is 6.62. The van der Waals surface area contributed by atoms with E-state index in [0.717, 1.165) is 22.7 Å². The topological polar surface area (TPSA) is 12.5 Å². The third-order valence-electron chi connectivity index (χ3n) is 7.26. The smallest absolute Gasteiger partial charge is 0.256 e. The van der Waals surface area contributed by atoms with Crippen molar-refractivity contribution in [2.24, 2.45) is 0 Å². The molecule has 2 aliphatic rings. The first-order valence-corrected chi connectivity index (χ1v) is 12.2. The van der Waals surface area contributed by atoms with Crippen LogP contribution >= 0.6 is 0 Å². The predicted octanol–water partition coefficient (Wildman–Crippen LogP) is 6.38. The predicted molar refractivity (Wildman–Crippen MR) is 147 cm³/mol. The number of rotatable bonds is 2. The van der Waals surface area contributed by atoms with Gasteiger partial charge in [0.25, 0.3) is 6.71 Å². The van der Waals surface area contributed by atoms with Gasteiger partial charge in [-0.3, -0.25) is 0 Å². The van der Waals surface area contributed by atoms with Crippen molar-refractivity contribution >= 4 is 40.2 Å². The molecule has 0 unspecified atom stereocenters. The van der Waals surface area contributed by atoms with E-state index in [-0.39, 0.29) is 6.71 Å². The van der Waals surface area contributed by atoms with Crippen LogP contribution in [-0.4, -0.2) is 6.71 Å². The van der Waals surface area contributed by atoms with Gasteiger partial charge in [0.2, 0.25) is 0 Å². The lowest BCUT2D eigenvalue weighted by atomic mass is 9.33. The van der Waals surface area contributed by atoms with Crippen LogP contribution < -0.4 is 26.0 Å². The summed E-state index contributed by atoms with van der Waals surface area (Å²) in [7, 11) is 0. The van der Waals surface area contributed by atoms with Crippen molar-refractivity contribution in [3.63, 3.8) is 0 Å². The molecule has 0 radical (unpaired) electrons. The van der Waals surface area contributed by atoms with Crippen LogP contribution in [0.2, 0.25) is 0 Å². The normalized spacial score (nSPS) is 13.0. The molecule has 5 aromatic rings. The average molecular weight is 449 g/mol. The molecule has 166 valence electrons. The van der Waals surface area contributed by atoms with Crippen LogP contribution in [0.25, 0.3) is 11.1 Å². The fraction of sp³-hybridized carbons (Fsp3) is 0.0625. The molecule has 0 N–H and O–H groups in total. The van der Waals surface area contributed by atoms with Crippen LogP contribution in [0, 0.1) is 13.8 Å². The summed E-state index contributed by atoms with van der Waals surface area (Å²) in [5.41, 5.74) is 12.3. The van der Waals surface area contributed by atoms with Gasteiger partial charge in [0.05, 0.1) is 0 Å². The SMILES string of the molecule is Cc1cc(C)c2c(c1)N(c1ccccc1)c1cc(-c3ccccc3)cc3c1B2c1ccccc1O3. The summed E-state index contributed by atoms with van der Waals surface area (Å²) in [6.07, 6.45) is 0. The molecule has 0 fully saturated rings. The van der Waals surface area contributed by atoms with Crippen molar-refractivity contribution < 1.29 is 4.74 Å². The molecule has 0 bridgehead atoms. The number of para-hydroxylation sites is 2. The summed E-state index contributed by atoms with van der Waals surface area (Å²) in [5.74, 6) is 1.89. The number of anilines is 3. The minimum absolute atomic E-state index is 0.130. The van der Waals surface area contributed by atoms with Crippen molar-refractivity contribution in [3.8, 4) is 22.6 Å². The molecule has 0 saturated carbocycles. The van der Waals surface area contributed by atoms with Crippen LogP contribution in [-0.2, 0) is 0 Å². The number of hydrogen-bond acceptors (Lipinski definition) is 2. The highest BCUT2D eigenvalue weighted by Gasteiger charge is 2.42. The molecule has 0 amide bonds. The van der Waals surface area contributed by atoms with Gasteiger partial charge in [0.1, 0.15) is 11.5 Å². The van der Waals surface area contributed by atoms with E-state index in [1.807, 2.05) is 0 Å². The van der Waals surface area contributed by atoms with Crippen LogP contribution in [0.3, 0.4) is 0 Å². The van der Waals surface area contributed by atoms with Gasteiger partial charge in [-0.25, -0.2) is 0 Å². The highest BCUT2D eigenvalue weighted by Crippen LogP contribution is 2.43. The largest absolute Gasteiger partial charge is 0.458 e. The van der Waals surface area contributed by atoms with Crippen molar-refractivity contribution in [1.82, 2.24) is 0 Å². The van der Waals surface area contributed by atoms with E-state index in [2.05, 4.69) is 128 Å². The van der Waals surface area contributed by atoms with Crippen molar-refractivity contribution in [2.45, 2.75) is 13.8 Å². The Kier molecular flexibility index (Phi) is 4.40. The van der Waals surface area contributed by atoms with E-state index in [4.69, 9.17) is 4.74 Å². The lowest BCUT2D eigenvalue weighted by Crippen LogP contribution is -2.60. The van der Waals surface area contributed by atoms with E-state index in [1.165, 1.54) is 44.5 Å². The second-order valence-electron chi connectivity index (χ2n) is 9.53. The van der Waals surface area contributed by atoms with Gasteiger partial charge in [-0.05, 0) is 83.3 Å². The zero-order valence-corrected chi connectivity index (χ0v) is 19.8. The summed E-state index contributed by atoms with van der Waals surface area (Å²) in [6, 6.07) is 39.0. The number of aryl methyl sites for hydroxylation is 2. The number of fused-ring (bicyclic) bond motifs is 4. The van der Waals surface area contributed by atoms with Gasteiger partial charge in [-0.15, -0.1) is 0 Å². The fourth-order valence-corrected chi connectivity index (χ4v) is 5.86. The maximum atomic E-state index is 6.62. The third kappa shape index (κ3) is 3.05. The lowest BCUT2D eigenvalue weighted by Gasteiger charge is -2.41. The minimum Gasteiger partial charge on any atom is -0.458 e. The Bertz CT molecular complexity index is 1590. The molecule has 0 saturated heterocycles.